The summed E-state index contributed by atoms with van der Waals surface area (Å²) in [5, 5.41) is 5.63. The lowest BCUT2D eigenvalue weighted by atomic mass is 10.0. The van der Waals surface area contributed by atoms with Crippen LogP contribution in [0.5, 0.6) is 0 Å². The van der Waals surface area contributed by atoms with Crippen LogP contribution in [0.4, 0.5) is 0 Å². The Morgan fingerprint density at radius 3 is 2.39 bits per heavy atom. The number of piperidine rings is 1. The summed E-state index contributed by atoms with van der Waals surface area (Å²) in [5.74, 6) is -1.33. The molecule has 0 spiro atoms. The molecule has 1 heterocycles. The third-order valence-electron chi connectivity index (χ3n) is 4.78. The van der Waals surface area contributed by atoms with Gasteiger partial charge in [-0.05, 0) is 49.9 Å². The molecule has 9 heteroatoms. The van der Waals surface area contributed by atoms with Crippen LogP contribution in [0.3, 0.4) is 0 Å². The minimum Gasteiger partial charge on any atom is -0.348 e. The second-order valence-corrected chi connectivity index (χ2v) is 9.20. The Morgan fingerprint density at radius 1 is 1.11 bits per heavy atom. The largest absolute Gasteiger partial charge is 0.348 e. The summed E-state index contributed by atoms with van der Waals surface area (Å²) in [6.07, 6.45) is 4.67. The number of hydrogen-bond acceptors (Lipinski definition) is 4. The molecule has 1 atom stereocenters. The van der Waals surface area contributed by atoms with E-state index in [2.05, 4.69) is 10.6 Å². The molecule has 1 aliphatic rings. The number of nitrogens with zero attached hydrogens (tertiary/aromatic N) is 1. The fourth-order valence-electron chi connectivity index (χ4n) is 3.21. The molecule has 7 nitrogen and oxygen atoms in total. The first-order chi connectivity index (χ1) is 13.4. The smallest absolute Gasteiger partial charge is 0.309 e. The van der Waals surface area contributed by atoms with E-state index in [-0.39, 0.29) is 17.5 Å². The standard InChI is InChI=1S/C19H28ClN3O4S/c1-2-3-12-21-18(24)19(25)22-13-11-16-6-4-5-14-23(16)28(26,27)17-9-7-15(20)8-10-17/h7-10,16H,2-6,11-14H2,1H3,(H,21,24)(H,22,25)/t16-/m0/s1. The Labute approximate surface area is 171 Å². The summed E-state index contributed by atoms with van der Waals surface area (Å²) in [4.78, 5) is 23.8. The fourth-order valence-corrected chi connectivity index (χ4v) is 5.06. The van der Waals surface area contributed by atoms with Gasteiger partial charge in [-0.25, -0.2) is 8.42 Å². The van der Waals surface area contributed by atoms with Gasteiger partial charge in [0, 0.05) is 30.7 Å². The van der Waals surface area contributed by atoms with Crippen LogP contribution in [-0.2, 0) is 19.6 Å². The Morgan fingerprint density at radius 2 is 1.75 bits per heavy atom. The van der Waals surface area contributed by atoms with Crippen LogP contribution in [0.25, 0.3) is 0 Å². The van der Waals surface area contributed by atoms with Crippen molar-refractivity contribution in [2.24, 2.45) is 0 Å². The van der Waals surface area contributed by atoms with E-state index in [0.29, 0.717) is 24.5 Å². The van der Waals surface area contributed by atoms with E-state index in [0.717, 1.165) is 32.1 Å². The van der Waals surface area contributed by atoms with Crippen LogP contribution in [0.1, 0.15) is 45.4 Å². The second-order valence-electron chi connectivity index (χ2n) is 6.87. The van der Waals surface area contributed by atoms with Crippen LogP contribution in [-0.4, -0.2) is 50.2 Å². The van der Waals surface area contributed by atoms with Crippen LogP contribution < -0.4 is 10.6 Å². The number of rotatable bonds is 8. The predicted molar refractivity (Wildman–Crippen MR) is 109 cm³/mol. The quantitative estimate of drug-likeness (QED) is 0.489. The number of halogens is 1. The zero-order valence-corrected chi connectivity index (χ0v) is 17.7. The number of hydrogen-bond donors (Lipinski definition) is 2. The molecule has 0 aliphatic carbocycles. The lowest BCUT2D eigenvalue weighted by molar-refractivity contribution is -0.139. The minimum absolute atomic E-state index is 0.210. The first kappa shape index (κ1) is 22.6. The van der Waals surface area contributed by atoms with Gasteiger partial charge in [0.2, 0.25) is 10.0 Å². The number of amides is 2. The van der Waals surface area contributed by atoms with Crippen molar-refractivity contribution >= 4 is 33.4 Å². The highest BCUT2D eigenvalue weighted by Gasteiger charge is 2.33. The highest BCUT2D eigenvalue weighted by Crippen LogP contribution is 2.27. The topological polar surface area (TPSA) is 95.6 Å². The van der Waals surface area contributed by atoms with E-state index in [1.807, 2.05) is 6.92 Å². The van der Waals surface area contributed by atoms with Crippen molar-refractivity contribution in [1.29, 1.82) is 0 Å². The summed E-state index contributed by atoms with van der Waals surface area (Å²) in [5.41, 5.74) is 0. The first-order valence-corrected chi connectivity index (χ1v) is 11.5. The van der Waals surface area contributed by atoms with Gasteiger partial charge in [-0.2, -0.15) is 4.31 Å². The maximum atomic E-state index is 13.0. The first-order valence-electron chi connectivity index (χ1n) is 9.69. The van der Waals surface area contributed by atoms with Crippen LogP contribution >= 0.6 is 11.6 Å². The van der Waals surface area contributed by atoms with E-state index in [9.17, 15) is 18.0 Å². The van der Waals surface area contributed by atoms with Gasteiger partial charge >= 0.3 is 11.8 Å². The Kier molecular flexibility index (Phi) is 8.72. The van der Waals surface area contributed by atoms with Crippen molar-refractivity contribution in [2.75, 3.05) is 19.6 Å². The van der Waals surface area contributed by atoms with Gasteiger partial charge in [0.15, 0.2) is 0 Å². The Bertz CT molecular complexity index is 768. The number of carbonyl (C=O) groups excluding carboxylic acids is 2. The van der Waals surface area contributed by atoms with Gasteiger partial charge < -0.3 is 10.6 Å². The molecule has 2 N–H and O–H groups in total. The summed E-state index contributed by atoms with van der Waals surface area (Å²) in [6.45, 7) is 3.16. The Balaban J connectivity index is 1.93. The lowest BCUT2D eigenvalue weighted by Gasteiger charge is -2.34. The van der Waals surface area contributed by atoms with Crippen molar-refractivity contribution in [1.82, 2.24) is 14.9 Å². The summed E-state index contributed by atoms with van der Waals surface area (Å²) in [7, 11) is -3.63. The minimum atomic E-state index is -3.63. The maximum absolute atomic E-state index is 13.0. The highest BCUT2D eigenvalue weighted by molar-refractivity contribution is 7.89. The van der Waals surface area contributed by atoms with E-state index < -0.39 is 21.8 Å². The van der Waals surface area contributed by atoms with Crippen LogP contribution in [0.2, 0.25) is 5.02 Å². The molecule has 1 aromatic carbocycles. The molecular weight excluding hydrogens is 402 g/mol. The van der Waals surface area contributed by atoms with Gasteiger partial charge in [-0.15, -0.1) is 0 Å². The molecule has 28 heavy (non-hydrogen) atoms. The molecule has 0 bridgehead atoms. The monoisotopic (exact) mass is 429 g/mol. The highest BCUT2D eigenvalue weighted by atomic mass is 35.5. The third-order valence-corrected chi connectivity index (χ3v) is 7.00. The SMILES string of the molecule is CCCCNC(=O)C(=O)NCC[C@@H]1CCCCN1S(=O)(=O)c1ccc(Cl)cc1. The van der Waals surface area contributed by atoms with Gasteiger partial charge in [-0.1, -0.05) is 31.4 Å². The normalized spacial score (nSPS) is 17.9. The van der Waals surface area contributed by atoms with Gasteiger partial charge in [0.05, 0.1) is 4.90 Å². The summed E-state index contributed by atoms with van der Waals surface area (Å²) in [6, 6.07) is 5.92. The fraction of sp³-hybridized carbons (Fsp3) is 0.579. The molecule has 0 radical (unpaired) electrons. The third kappa shape index (κ3) is 6.18. The molecule has 2 amide bonds. The average molecular weight is 430 g/mol. The van der Waals surface area contributed by atoms with Gasteiger partial charge in [0.25, 0.3) is 0 Å². The molecule has 1 saturated heterocycles. The van der Waals surface area contributed by atoms with Crippen LogP contribution in [0.15, 0.2) is 29.2 Å². The Hall–Kier alpha value is -1.64. The zero-order valence-electron chi connectivity index (χ0n) is 16.1. The van der Waals surface area contributed by atoms with Crippen molar-refractivity contribution in [3.05, 3.63) is 29.3 Å². The van der Waals surface area contributed by atoms with Crippen molar-refractivity contribution in [3.8, 4) is 0 Å². The number of unbranched alkanes of at least 4 members (excludes halogenated alkanes) is 1. The van der Waals surface area contributed by atoms with Crippen molar-refractivity contribution in [3.63, 3.8) is 0 Å². The lowest BCUT2D eigenvalue weighted by Crippen LogP contribution is -2.46. The van der Waals surface area contributed by atoms with E-state index in [4.69, 9.17) is 11.6 Å². The van der Waals surface area contributed by atoms with Gasteiger partial charge in [0.1, 0.15) is 0 Å². The zero-order chi connectivity index (χ0) is 20.6. The molecule has 0 unspecified atom stereocenters. The molecule has 1 aromatic rings. The molecular formula is C19H28ClN3O4S. The predicted octanol–water partition coefficient (Wildman–Crippen LogP) is 2.31. The van der Waals surface area contributed by atoms with E-state index in [1.165, 1.54) is 16.4 Å². The molecule has 2 rings (SSSR count). The van der Waals surface area contributed by atoms with E-state index >= 15 is 0 Å². The van der Waals surface area contributed by atoms with Crippen LogP contribution in [0, 0.1) is 0 Å². The summed E-state index contributed by atoms with van der Waals surface area (Å²) >= 11 is 5.86. The van der Waals surface area contributed by atoms with Gasteiger partial charge in [-0.3, -0.25) is 9.59 Å². The number of carbonyl (C=O) groups is 2. The van der Waals surface area contributed by atoms with E-state index in [1.54, 1.807) is 12.1 Å². The molecule has 1 aliphatic heterocycles. The second kappa shape index (κ2) is 10.8. The maximum Gasteiger partial charge on any atom is 0.309 e. The number of benzene rings is 1. The number of sulfonamides is 1. The summed E-state index contributed by atoms with van der Waals surface area (Å²) < 4.78 is 27.5. The molecule has 0 aromatic heterocycles. The van der Waals surface area contributed by atoms with Crippen molar-refractivity contribution < 1.29 is 18.0 Å². The molecule has 156 valence electrons. The molecule has 0 saturated carbocycles. The van der Waals surface area contributed by atoms with Crippen molar-refractivity contribution in [2.45, 2.75) is 56.4 Å². The molecule has 1 fully saturated rings. The number of nitrogens with one attached hydrogen (secondary N) is 2. The average Bonchev–Trinajstić information content (AvgIpc) is 2.68.